The Morgan fingerprint density at radius 2 is 1.04 bits per heavy atom. The molecule has 7 aromatic carbocycles. The maximum absolute atomic E-state index is 9.53. The normalized spacial score (nSPS) is 11.2. The van der Waals surface area contributed by atoms with Gasteiger partial charge in [0, 0.05) is 27.5 Å². The summed E-state index contributed by atoms with van der Waals surface area (Å²) in [6.07, 6.45) is 0. The minimum atomic E-state index is 0.560. The number of aromatic nitrogens is 3. The van der Waals surface area contributed by atoms with Crippen molar-refractivity contribution in [3.8, 4) is 62.5 Å². The van der Waals surface area contributed by atoms with Gasteiger partial charge in [-0.05, 0) is 69.4 Å². The summed E-state index contributed by atoms with van der Waals surface area (Å²) in [7, 11) is 0. The Hall–Kier alpha value is -6.90. The van der Waals surface area contributed by atoms with Crippen LogP contribution in [0.15, 0.2) is 162 Å². The quantitative estimate of drug-likeness (QED) is 0.190. The van der Waals surface area contributed by atoms with E-state index in [9.17, 15) is 5.26 Å². The molecule has 0 amide bonds. The van der Waals surface area contributed by atoms with Gasteiger partial charge in [-0.2, -0.15) is 5.26 Å². The molecular weight excluding hydrogens is 601 g/mol. The lowest BCUT2D eigenvalue weighted by atomic mass is 9.94. The summed E-state index contributed by atoms with van der Waals surface area (Å²) in [5.41, 5.74) is 9.17. The van der Waals surface area contributed by atoms with Crippen molar-refractivity contribution in [3.05, 3.63) is 163 Å². The topological polar surface area (TPSA) is 75.6 Å². The summed E-state index contributed by atoms with van der Waals surface area (Å²) < 4.78 is 6.44. The van der Waals surface area contributed by atoms with Crippen LogP contribution in [0, 0.1) is 11.3 Å². The molecule has 5 heteroatoms. The third-order valence-corrected chi connectivity index (χ3v) is 8.98. The van der Waals surface area contributed by atoms with Gasteiger partial charge in [-0.3, -0.25) is 0 Å². The monoisotopic (exact) mass is 626 g/mol. The molecule has 2 heterocycles. The summed E-state index contributed by atoms with van der Waals surface area (Å²) in [6.45, 7) is 0. The zero-order chi connectivity index (χ0) is 32.7. The molecule has 0 spiro atoms. The van der Waals surface area contributed by atoms with Gasteiger partial charge in [0.1, 0.15) is 11.2 Å². The van der Waals surface area contributed by atoms with Crippen molar-refractivity contribution in [1.82, 2.24) is 15.0 Å². The van der Waals surface area contributed by atoms with Crippen LogP contribution in [0.3, 0.4) is 0 Å². The predicted molar refractivity (Wildman–Crippen MR) is 197 cm³/mol. The predicted octanol–water partition coefficient (Wildman–Crippen LogP) is 11.1. The first-order valence-corrected chi connectivity index (χ1v) is 16.1. The Morgan fingerprint density at radius 3 is 1.82 bits per heavy atom. The van der Waals surface area contributed by atoms with Gasteiger partial charge in [0.05, 0.1) is 11.6 Å². The van der Waals surface area contributed by atoms with Gasteiger partial charge >= 0.3 is 0 Å². The summed E-state index contributed by atoms with van der Waals surface area (Å²) in [5.74, 6) is 1.73. The average molecular weight is 627 g/mol. The van der Waals surface area contributed by atoms with Crippen LogP contribution in [0.25, 0.3) is 89.1 Å². The molecule has 0 aliphatic carbocycles. The molecule has 9 rings (SSSR count). The van der Waals surface area contributed by atoms with E-state index in [1.54, 1.807) is 0 Å². The highest BCUT2D eigenvalue weighted by Crippen LogP contribution is 2.39. The fraction of sp³-hybridized carbons (Fsp3) is 0. The lowest BCUT2D eigenvalue weighted by Gasteiger charge is -2.13. The maximum atomic E-state index is 9.53. The Kier molecular flexibility index (Phi) is 6.78. The minimum Gasteiger partial charge on any atom is -0.456 e. The minimum absolute atomic E-state index is 0.560. The van der Waals surface area contributed by atoms with E-state index in [2.05, 4.69) is 72.8 Å². The zero-order valence-corrected chi connectivity index (χ0v) is 26.2. The van der Waals surface area contributed by atoms with Crippen LogP contribution in [0.4, 0.5) is 0 Å². The molecule has 0 N–H and O–H groups in total. The fourth-order valence-corrected chi connectivity index (χ4v) is 6.67. The zero-order valence-electron chi connectivity index (χ0n) is 26.2. The number of fused-ring (bicyclic) bond motifs is 4. The van der Waals surface area contributed by atoms with Gasteiger partial charge in [0.15, 0.2) is 17.5 Å². The molecule has 5 nitrogen and oxygen atoms in total. The Morgan fingerprint density at radius 1 is 0.408 bits per heavy atom. The van der Waals surface area contributed by atoms with E-state index in [1.165, 1.54) is 0 Å². The molecule has 0 atom stereocenters. The van der Waals surface area contributed by atoms with Crippen molar-refractivity contribution >= 4 is 32.7 Å². The van der Waals surface area contributed by atoms with Gasteiger partial charge in [-0.1, -0.05) is 121 Å². The summed E-state index contributed by atoms with van der Waals surface area (Å²) in [6, 6.07) is 55.1. The third kappa shape index (κ3) is 5.00. The van der Waals surface area contributed by atoms with Crippen LogP contribution < -0.4 is 0 Å². The van der Waals surface area contributed by atoms with E-state index in [0.29, 0.717) is 23.0 Å². The SMILES string of the molecule is N#Cc1cccc(-c2ccc(-c3nc(-c4ccccc4)nc(-c4ccc5c(c4)oc4cccc(-c6ccccc6)c45)n3)c3ccccc23)c1. The number of hydrogen-bond donors (Lipinski definition) is 0. The average Bonchev–Trinajstić information content (AvgIpc) is 3.56. The first-order chi connectivity index (χ1) is 24.2. The van der Waals surface area contributed by atoms with Crippen LogP contribution in [-0.2, 0) is 0 Å². The number of nitriles is 1. The van der Waals surface area contributed by atoms with Crippen LogP contribution in [0.1, 0.15) is 5.56 Å². The third-order valence-electron chi connectivity index (χ3n) is 8.98. The van der Waals surface area contributed by atoms with Crippen molar-refractivity contribution in [1.29, 1.82) is 5.26 Å². The largest absolute Gasteiger partial charge is 0.456 e. The molecule has 0 unspecified atom stereocenters. The molecule has 0 radical (unpaired) electrons. The lowest BCUT2D eigenvalue weighted by Crippen LogP contribution is -2.00. The van der Waals surface area contributed by atoms with Gasteiger partial charge in [0.2, 0.25) is 0 Å². The molecule has 0 saturated carbocycles. The molecule has 2 aromatic heterocycles. The maximum Gasteiger partial charge on any atom is 0.164 e. The molecule has 9 aromatic rings. The first-order valence-electron chi connectivity index (χ1n) is 16.1. The van der Waals surface area contributed by atoms with E-state index in [0.717, 1.165) is 71.7 Å². The van der Waals surface area contributed by atoms with Gasteiger partial charge in [-0.25, -0.2) is 15.0 Å². The second-order valence-corrected chi connectivity index (χ2v) is 11.9. The molecule has 0 fully saturated rings. The smallest absolute Gasteiger partial charge is 0.164 e. The molecule has 0 saturated heterocycles. The van der Waals surface area contributed by atoms with Crippen LogP contribution in [0.5, 0.6) is 0 Å². The highest BCUT2D eigenvalue weighted by Gasteiger charge is 2.18. The van der Waals surface area contributed by atoms with Gasteiger partial charge in [-0.15, -0.1) is 0 Å². The molecule has 228 valence electrons. The highest BCUT2D eigenvalue weighted by molar-refractivity contribution is 6.13. The second-order valence-electron chi connectivity index (χ2n) is 11.9. The Balaban J connectivity index is 1.23. The highest BCUT2D eigenvalue weighted by atomic mass is 16.3. The van der Waals surface area contributed by atoms with Crippen LogP contribution >= 0.6 is 0 Å². The second kappa shape index (κ2) is 11.7. The van der Waals surface area contributed by atoms with E-state index in [4.69, 9.17) is 19.4 Å². The number of benzene rings is 7. The van der Waals surface area contributed by atoms with E-state index in [1.807, 2.05) is 91.0 Å². The first kappa shape index (κ1) is 28.3. The Labute approximate surface area is 282 Å². The van der Waals surface area contributed by atoms with Crippen molar-refractivity contribution in [2.45, 2.75) is 0 Å². The molecule has 49 heavy (non-hydrogen) atoms. The molecular formula is C44H26N4O. The number of hydrogen-bond acceptors (Lipinski definition) is 5. The summed E-state index contributed by atoms with van der Waals surface area (Å²) in [4.78, 5) is 15.1. The van der Waals surface area contributed by atoms with Crippen molar-refractivity contribution < 1.29 is 4.42 Å². The van der Waals surface area contributed by atoms with Gasteiger partial charge < -0.3 is 4.42 Å². The van der Waals surface area contributed by atoms with Crippen molar-refractivity contribution in [3.63, 3.8) is 0 Å². The Bertz CT molecular complexity index is 2730. The van der Waals surface area contributed by atoms with E-state index in [-0.39, 0.29) is 0 Å². The lowest BCUT2D eigenvalue weighted by molar-refractivity contribution is 0.669. The van der Waals surface area contributed by atoms with Crippen molar-refractivity contribution in [2.75, 3.05) is 0 Å². The summed E-state index contributed by atoms with van der Waals surface area (Å²) in [5, 5.41) is 13.7. The summed E-state index contributed by atoms with van der Waals surface area (Å²) >= 11 is 0. The number of rotatable bonds is 5. The molecule has 0 bridgehead atoms. The standard InChI is InChI=1S/C44H26N4O/c45-27-28-11-9-16-31(25-28)33-23-24-37(36-18-8-7-17-35(33)36)44-47-42(30-14-5-2-6-15-30)46-43(48-44)32-21-22-38-40(26-32)49-39-20-10-19-34(41(38)39)29-12-3-1-4-13-29/h1-26H. The number of furan rings is 1. The number of nitrogens with zero attached hydrogens (tertiary/aromatic N) is 4. The van der Waals surface area contributed by atoms with E-state index < -0.39 is 0 Å². The van der Waals surface area contributed by atoms with Gasteiger partial charge in [0.25, 0.3) is 0 Å². The van der Waals surface area contributed by atoms with Crippen LogP contribution in [-0.4, -0.2) is 15.0 Å². The van der Waals surface area contributed by atoms with E-state index >= 15 is 0 Å². The van der Waals surface area contributed by atoms with Crippen LogP contribution in [0.2, 0.25) is 0 Å². The van der Waals surface area contributed by atoms with Crippen molar-refractivity contribution in [2.24, 2.45) is 0 Å². The fourth-order valence-electron chi connectivity index (χ4n) is 6.67. The molecule has 0 aliphatic rings. The molecule has 0 aliphatic heterocycles.